The molecule has 1 rings (SSSR count). The molecule has 0 fully saturated rings. The lowest BCUT2D eigenvalue weighted by Crippen LogP contribution is -2.33. The van der Waals surface area contributed by atoms with Crippen LogP contribution in [0.1, 0.15) is 25.6 Å². The standard InChI is InChI=1S/C12H20BrNO2S/c1-12(2,3)16-7-10(15)5-14-6-11-4-9(13)8-17-11/h4,8,10,14-15H,5-7H2,1-3H3. The van der Waals surface area contributed by atoms with Gasteiger partial charge in [-0.25, -0.2) is 0 Å². The average molecular weight is 322 g/mol. The lowest BCUT2D eigenvalue weighted by molar-refractivity contribution is -0.0479. The van der Waals surface area contributed by atoms with Crippen LogP contribution < -0.4 is 5.32 Å². The molecule has 1 atom stereocenters. The molecule has 0 aliphatic heterocycles. The van der Waals surface area contributed by atoms with Crippen molar-refractivity contribution in [3.63, 3.8) is 0 Å². The quantitative estimate of drug-likeness (QED) is 0.846. The molecule has 0 aromatic carbocycles. The Hall–Kier alpha value is 0.0600. The van der Waals surface area contributed by atoms with Gasteiger partial charge in [-0.05, 0) is 42.8 Å². The molecule has 0 bridgehead atoms. The second-order valence-corrected chi connectivity index (χ2v) is 6.85. The van der Waals surface area contributed by atoms with Gasteiger partial charge in [0.15, 0.2) is 0 Å². The third-order valence-corrected chi connectivity index (χ3v) is 3.71. The van der Waals surface area contributed by atoms with Crippen LogP contribution in [0, 0.1) is 0 Å². The molecule has 0 saturated carbocycles. The van der Waals surface area contributed by atoms with Crippen molar-refractivity contribution in [3.8, 4) is 0 Å². The van der Waals surface area contributed by atoms with Gasteiger partial charge in [0.2, 0.25) is 0 Å². The Kier molecular flexibility index (Phi) is 6.09. The van der Waals surface area contributed by atoms with Crippen LogP contribution in [0.15, 0.2) is 15.9 Å². The van der Waals surface area contributed by atoms with E-state index >= 15 is 0 Å². The van der Waals surface area contributed by atoms with Crippen molar-refractivity contribution in [1.82, 2.24) is 5.32 Å². The van der Waals surface area contributed by atoms with Crippen molar-refractivity contribution in [2.45, 2.75) is 39.0 Å². The molecular weight excluding hydrogens is 302 g/mol. The van der Waals surface area contributed by atoms with Crippen molar-refractivity contribution in [1.29, 1.82) is 0 Å². The highest BCUT2D eigenvalue weighted by molar-refractivity contribution is 9.10. The van der Waals surface area contributed by atoms with E-state index in [0.717, 1.165) is 11.0 Å². The summed E-state index contributed by atoms with van der Waals surface area (Å²) in [6, 6.07) is 2.08. The summed E-state index contributed by atoms with van der Waals surface area (Å²) >= 11 is 5.11. The van der Waals surface area contributed by atoms with E-state index in [9.17, 15) is 5.11 Å². The van der Waals surface area contributed by atoms with E-state index in [1.54, 1.807) is 11.3 Å². The van der Waals surface area contributed by atoms with Crippen molar-refractivity contribution in [2.24, 2.45) is 0 Å². The van der Waals surface area contributed by atoms with Crippen LogP contribution in [0.2, 0.25) is 0 Å². The van der Waals surface area contributed by atoms with Crippen molar-refractivity contribution >= 4 is 27.3 Å². The lowest BCUT2D eigenvalue weighted by Gasteiger charge is -2.22. The van der Waals surface area contributed by atoms with Crippen LogP contribution in [-0.2, 0) is 11.3 Å². The molecule has 0 saturated heterocycles. The largest absolute Gasteiger partial charge is 0.389 e. The number of hydrogen-bond acceptors (Lipinski definition) is 4. The molecule has 0 aliphatic carbocycles. The topological polar surface area (TPSA) is 41.5 Å². The van der Waals surface area contributed by atoms with Gasteiger partial charge in [-0.15, -0.1) is 11.3 Å². The highest BCUT2D eigenvalue weighted by Crippen LogP contribution is 2.19. The molecule has 98 valence electrons. The predicted octanol–water partition coefficient (Wildman–Crippen LogP) is 2.78. The van der Waals surface area contributed by atoms with E-state index in [-0.39, 0.29) is 5.60 Å². The van der Waals surface area contributed by atoms with Gasteiger partial charge in [-0.1, -0.05) is 0 Å². The Morgan fingerprint density at radius 2 is 2.24 bits per heavy atom. The molecule has 5 heteroatoms. The van der Waals surface area contributed by atoms with Crippen LogP contribution in [-0.4, -0.2) is 30.0 Å². The van der Waals surface area contributed by atoms with Gasteiger partial charge in [0.1, 0.15) is 0 Å². The van der Waals surface area contributed by atoms with Crippen LogP contribution in [0.25, 0.3) is 0 Å². The number of thiophene rings is 1. The fraction of sp³-hybridized carbons (Fsp3) is 0.667. The Morgan fingerprint density at radius 1 is 1.53 bits per heavy atom. The molecule has 0 spiro atoms. The first-order valence-corrected chi connectivity index (χ1v) is 7.30. The van der Waals surface area contributed by atoms with Gasteiger partial charge in [0.25, 0.3) is 0 Å². The minimum atomic E-state index is -0.461. The molecule has 1 unspecified atom stereocenters. The fourth-order valence-corrected chi connectivity index (χ4v) is 2.63. The molecule has 2 N–H and O–H groups in total. The normalized spacial score (nSPS) is 13.9. The van der Waals surface area contributed by atoms with E-state index < -0.39 is 6.10 Å². The minimum absolute atomic E-state index is 0.195. The zero-order valence-corrected chi connectivity index (χ0v) is 12.9. The third-order valence-electron chi connectivity index (χ3n) is 2.01. The summed E-state index contributed by atoms with van der Waals surface area (Å²) in [5.74, 6) is 0. The van der Waals surface area contributed by atoms with E-state index in [4.69, 9.17) is 4.74 Å². The summed E-state index contributed by atoms with van der Waals surface area (Å²) in [4.78, 5) is 1.25. The lowest BCUT2D eigenvalue weighted by atomic mass is 10.2. The summed E-state index contributed by atoms with van der Waals surface area (Å²) in [6.45, 7) is 7.64. The summed E-state index contributed by atoms with van der Waals surface area (Å²) < 4.78 is 6.61. The van der Waals surface area contributed by atoms with Gasteiger partial charge < -0.3 is 15.2 Å². The highest BCUT2D eigenvalue weighted by Gasteiger charge is 2.13. The molecule has 0 aliphatic rings. The van der Waals surface area contributed by atoms with Gasteiger partial charge in [0.05, 0.1) is 18.3 Å². The second-order valence-electron chi connectivity index (χ2n) is 4.94. The monoisotopic (exact) mass is 321 g/mol. The molecule has 1 heterocycles. The first-order valence-electron chi connectivity index (χ1n) is 5.62. The number of aliphatic hydroxyl groups excluding tert-OH is 1. The van der Waals surface area contributed by atoms with Gasteiger partial charge in [-0.3, -0.25) is 0 Å². The van der Waals surface area contributed by atoms with Crippen molar-refractivity contribution in [3.05, 3.63) is 20.8 Å². The molecule has 1 aromatic rings. The zero-order valence-electron chi connectivity index (χ0n) is 10.5. The van der Waals surface area contributed by atoms with E-state index in [1.165, 1.54) is 4.88 Å². The summed E-state index contributed by atoms with van der Waals surface area (Å²) in [5.41, 5.74) is -0.195. The van der Waals surface area contributed by atoms with Crippen LogP contribution in [0.3, 0.4) is 0 Å². The summed E-state index contributed by atoms with van der Waals surface area (Å²) in [6.07, 6.45) is -0.461. The second kappa shape index (κ2) is 6.85. The minimum Gasteiger partial charge on any atom is -0.389 e. The Balaban J connectivity index is 2.14. The number of aliphatic hydroxyl groups is 1. The molecule has 1 aromatic heterocycles. The van der Waals surface area contributed by atoms with Crippen LogP contribution >= 0.6 is 27.3 Å². The van der Waals surface area contributed by atoms with E-state index in [2.05, 4.69) is 32.7 Å². The maximum atomic E-state index is 9.70. The summed E-state index contributed by atoms with van der Waals surface area (Å²) in [7, 11) is 0. The molecular formula is C12H20BrNO2S. The number of nitrogens with one attached hydrogen (secondary N) is 1. The Morgan fingerprint density at radius 3 is 2.76 bits per heavy atom. The summed E-state index contributed by atoms with van der Waals surface area (Å²) in [5, 5.41) is 15.0. The van der Waals surface area contributed by atoms with Crippen molar-refractivity contribution < 1.29 is 9.84 Å². The smallest absolute Gasteiger partial charge is 0.0898 e. The van der Waals surface area contributed by atoms with Gasteiger partial charge in [0, 0.05) is 27.8 Å². The van der Waals surface area contributed by atoms with Crippen LogP contribution in [0.4, 0.5) is 0 Å². The number of hydrogen-bond donors (Lipinski definition) is 2. The fourth-order valence-electron chi connectivity index (χ4n) is 1.21. The molecule has 3 nitrogen and oxygen atoms in total. The van der Waals surface area contributed by atoms with Crippen LogP contribution in [0.5, 0.6) is 0 Å². The Labute approximate surface area is 115 Å². The first kappa shape index (κ1) is 15.1. The maximum Gasteiger partial charge on any atom is 0.0898 e. The molecule has 17 heavy (non-hydrogen) atoms. The third kappa shape index (κ3) is 7.16. The zero-order chi connectivity index (χ0) is 12.9. The molecule has 0 radical (unpaired) electrons. The number of ether oxygens (including phenoxy) is 1. The average Bonchev–Trinajstić information content (AvgIpc) is 2.60. The SMILES string of the molecule is CC(C)(C)OCC(O)CNCc1cc(Br)cs1. The Bertz CT molecular complexity index is 335. The maximum absolute atomic E-state index is 9.70. The van der Waals surface area contributed by atoms with Gasteiger partial charge in [-0.2, -0.15) is 0 Å². The van der Waals surface area contributed by atoms with E-state index in [1.807, 2.05) is 20.8 Å². The first-order chi connectivity index (χ1) is 7.87. The van der Waals surface area contributed by atoms with Gasteiger partial charge >= 0.3 is 0 Å². The van der Waals surface area contributed by atoms with E-state index in [0.29, 0.717) is 13.2 Å². The number of halogens is 1. The number of rotatable bonds is 6. The predicted molar refractivity (Wildman–Crippen MR) is 75.4 cm³/mol. The molecule has 0 amide bonds. The van der Waals surface area contributed by atoms with Crippen molar-refractivity contribution in [2.75, 3.05) is 13.2 Å². The highest BCUT2D eigenvalue weighted by atomic mass is 79.9.